The standard InChI is InChI=1S/3C25H27BrN6O2/c3*1-13-17-4-5-32(24(17)30-12-29-13)20-10-25(22(34)21(20)33)9-16(28-11-25)6-14-2-3-15-8-18(26)23(27)31-19(15)7-14/h3*2-5,7-8,12,16,20-22,28,33-34H,6,9-11H2,1H3,(H2,27,31)/t16-,20+,21-,22-,25-;2*16-,20-,21+,22+,25+/m011/s1. The van der Waals surface area contributed by atoms with Crippen LogP contribution in [0.4, 0.5) is 17.5 Å². The molecule has 6 aliphatic rings. The summed E-state index contributed by atoms with van der Waals surface area (Å²) in [6.07, 6.45) is 12.5. The van der Waals surface area contributed by atoms with Gasteiger partial charge in [0.25, 0.3) is 0 Å². The number of nitrogen functional groups attached to an aromatic ring is 3. The van der Waals surface area contributed by atoms with E-state index in [1.807, 2.05) is 89.5 Å². The Morgan fingerprint density at radius 3 is 0.971 bits per heavy atom. The number of nitrogens with zero attached hydrogens (tertiary/aromatic N) is 12. The number of anilines is 3. The van der Waals surface area contributed by atoms with Gasteiger partial charge in [-0.15, -0.1) is 0 Å². The predicted octanol–water partition coefficient (Wildman–Crippen LogP) is 8.67. The molecule has 15 atom stereocenters. The van der Waals surface area contributed by atoms with Crippen LogP contribution < -0.4 is 33.2 Å². The number of nitrogens with one attached hydrogen (secondary N) is 3. The molecule has 18 rings (SSSR count). The van der Waals surface area contributed by atoms with E-state index in [0.29, 0.717) is 56.4 Å². The molecule has 528 valence electrons. The minimum Gasteiger partial charge on any atom is -0.390 e. The van der Waals surface area contributed by atoms with Crippen LogP contribution in [0.2, 0.25) is 0 Å². The number of hydrogen-bond acceptors (Lipinski definition) is 21. The van der Waals surface area contributed by atoms with Crippen molar-refractivity contribution in [3.63, 3.8) is 0 Å². The Hall–Kier alpha value is -7.77. The van der Waals surface area contributed by atoms with E-state index >= 15 is 0 Å². The van der Waals surface area contributed by atoms with Crippen molar-refractivity contribution in [3.05, 3.63) is 176 Å². The van der Waals surface area contributed by atoms with Gasteiger partial charge in [-0.25, -0.2) is 44.9 Å². The molecular formula is C75H81Br3N18O6. The van der Waals surface area contributed by atoms with Crippen molar-refractivity contribution in [3.8, 4) is 0 Å². The molecule has 102 heavy (non-hydrogen) atoms. The number of aromatic nitrogens is 12. The van der Waals surface area contributed by atoms with E-state index in [4.69, 9.17) is 17.2 Å². The first-order chi connectivity index (χ1) is 49.0. The summed E-state index contributed by atoms with van der Waals surface area (Å²) in [6.45, 7) is 7.88. The number of aliphatic hydroxyl groups excluding tert-OH is 6. The number of hydrogen-bond donors (Lipinski definition) is 12. The van der Waals surface area contributed by atoms with E-state index in [-0.39, 0.29) is 52.5 Å². The lowest BCUT2D eigenvalue weighted by Gasteiger charge is -2.27. The Morgan fingerprint density at radius 2 is 0.686 bits per heavy atom. The van der Waals surface area contributed by atoms with E-state index in [1.54, 1.807) is 19.0 Å². The first-order valence-corrected chi connectivity index (χ1v) is 37.1. The summed E-state index contributed by atoms with van der Waals surface area (Å²) in [5.74, 6) is 1.44. The number of pyridine rings is 3. The zero-order chi connectivity index (χ0) is 70.8. The van der Waals surface area contributed by atoms with Gasteiger partial charge in [0.15, 0.2) is 0 Å². The average Bonchev–Trinajstić information content (AvgIpc) is 1.59. The highest BCUT2D eigenvalue weighted by Gasteiger charge is 2.59. The minimum absolute atomic E-state index is 0.205. The summed E-state index contributed by atoms with van der Waals surface area (Å²) in [5, 5.41) is 83.5. The van der Waals surface area contributed by atoms with Gasteiger partial charge in [-0.3, -0.25) is 0 Å². The second-order valence-electron chi connectivity index (χ2n) is 29.6. The fraction of sp³-hybridized carbons (Fsp3) is 0.400. The van der Waals surface area contributed by atoms with Crippen molar-refractivity contribution in [2.45, 2.75) is 151 Å². The van der Waals surface area contributed by atoms with Crippen LogP contribution in [0.3, 0.4) is 0 Å². The largest absolute Gasteiger partial charge is 0.390 e. The van der Waals surface area contributed by atoms with Crippen molar-refractivity contribution >= 4 is 131 Å². The molecule has 3 saturated heterocycles. The summed E-state index contributed by atoms with van der Waals surface area (Å²) in [5.41, 5.74) is 28.1. The molecule has 12 aromatic rings. The monoisotopic (exact) mass is 1570 g/mol. The van der Waals surface area contributed by atoms with Gasteiger partial charge in [-0.1, -0.05) is 36.4 Å². The number of benzene rings is 3. The molecule has 0 radical (unpaired) electrons. The maximum absolute atomic E-state index is 11.2. The van der Waals surface area contributed by atoms with Crippen LogP contribution in [0.15, 0.2) is 142 Å². The number of nitrogens with two attached hydrogens (primary N) is 3. The Bertz CT molecular complexity index is 4730. The van der Waals surface area contributed by atoms with E-state index < -0.39 is 36.6 Å². The van der Waals surface area contributed by atoms with Crippen molar-refractivity contribution in [1.82, 2.24) is 74.5 Å². The smallest absolute Gasteiger partial charge is 0.143 e. The molecule has 27 heteroatoms. The van der Waals surface area contributed by atoms with E-state index in [1.165, 1.54) is 16.7 Å². The fourth-order valence-electron chi connectivity index (χ4n) is 17.9. The molecule has 3 aromatic carbocycles. The quantitative estimate of drug-likeness (QED) is 0.0642. The molecule has 15 N–H and O–H groups in total. The minimum atomic E-state index is -0.849. The maximum atomic E-state index is 11.2. The van der Waals surface area contributed by atoms with E-state index in [0.717, 1.165) is 135 Å². The molecule has 3 spiro atoms. The molecule has 3 aliphatic heterocycles. The van der Waals surface area contributed by atoms with Crippen molar-refractivity contribution in [2.24, 2.45) is 16.2 Å². The van der Waals surface area contributed by atoms with Gasteiger partial charge in [-0.2, -0.15) is 0 Å². The molecule has 3 saturated carbocycles. The summed E-state index contributed by atoms with van der Waals surface area (Å²) >= 11 is 10.3. The molecule has 9 aromatic heterocycles. The lowest BCUT2D eigenvalue weighted by Crippen LogP contribution is -2.38. The van der Waals surface area contributed by atoms with Gasteiger partial charge in [0.1, 0.15) is 71.7 Å². The van der Waals surface area contributed by atoms with Crippen LogP contribution in [-0.4, -0.2) is 164 Å². The zero-order valence-corrected chi connectivity index (χ0v) is 61.2. The molecule has 12 heterocycles. The zero-order valence-electron chi connectivity index (χ0n) is 56.5. The Balaban J connectivity index is 0.000000118. The molecular weight excluding hydrogens is 1490 g/mol. The highest BCUT2D eigenvalue weighted by atomic mass is 79.9. The van der Waals surface area contributed by atoms with E-state index in [9.17, 15) is 30.6 Å². The van der Waals surface area contributed by atoms with Crippen LogP contribution in [0, 0.1) is 37.0 Å². The SMILES string of the molecule is Cc1ncnc2c1ccn2[C@@H]1C[C@@]2(CN[C@@H](Cc3ccc4cc(Br)c(N)nc4c3)C2)[C@@H](O)[C@H]1O.Cc1ncnc2c1ccn2[C@@H]1C[C@@]2(CN[C@H](Cc3ccc4cc(Br)c(N)nc4c3)C2)[C@@H](O)[C@H]1O.Cc1ncnc2c1ccn2[C@@H]1C[C@@]2(CN[C@H](Cc3ccc4cc(Br)c(N)nc4c3)C2)[C@@H](O)[C@H]1O. The summed E-state index contributed by atoms with van der Waals surface area (Å²) in [7, 11) is 0. The highest BCUT2D eigenvalue weighted by Crippen LogP contribution is 2.54. The topological polar surface area (TPSA) is 366 Å². The van der Waals surface area contributed by atoms with Crippen molar-refractivity contribution < 1.29 is 30.6 Å². The predicted molar refractivity (Wildman–Crippen MR) is 403 cm³/mol. The third kappa shape index (κ3) is 12.3. The molecule has 24 nitrogen and oxygen atoms in total. The van der Waals surface area contributed by atoms with Gasteiger partial charge in [-0.05, 0) is 198 Å². The molecule has 3 aliphatic carbocycles. The molecule has 6 fully saturated rings. The van der Waals surface area contributed by atoms with Gasteiger partial charge < -0.3 is 77.5 Å². The van der Waals surface area contributed by atoms with E-state index in [2.05, 4.69) is 163 Å². The second-order valence-corrected chi connectivity index (χ2v) is 32.1. The van der Waals surface area contributed by atoms with Gasteiger partial charge >= 0.3 is 0 Å². The fourth-order valence-corrected chi connectivity index (χ4v) is 18.9. The first kappa shape index (κ1) is 68.6. The number of halogens is 3. The van der Waals surface area contributed by atoms with Gasteiger partial charge in [0.05, 0.1) is 83.5 Å². The second kappa shape index (κ2) is 26.7. The summed E-state index contributed by atoms with van der Waals surface area (Å²) < 4.78 is 8.43. The number of aryl methyl sites for hydroxylation is 3. The molecule has 0 unspecified atom stereocenters. The maximum Gasteiger partial charge on any atom is 0.143 e. The van der Waals surface area contributed by atoms with Gasteiger partial charge in [0.2, 0.25) is 0 Å². The first-order valence-electron chi connectivity index (χ1n) is 34.7. The van der Waals surface area contributed by atoms with Crippen molar-refractivity contribution in [2.75, 3.05) is 36.8 Å². The Labute approximate surface area is 612 Å². The lowest BCUT2D eigenvalue weighted by atomic mass is 9.80. The van der Waals surface area contributed by atoms with Crippen LogP contribution in [0.25, 0.3) is 65.8 Å². The average molecular weight is 1570 g/mol. The highest BCUT2D eigenvalue weighted by molar-refractivity contribution is 9.11. The van der Waals surface area contributed by atoms with Crippen LogP contribution >= 0.6 is 47.8 Å². The Kier molecular flexibility index (Phi) is 18.0. The summed E-state index contributed by atoms with van der Waals surface area (Å²) in [6, 6.07) is 30.7. The number of rotatable bonds is 9. The molecule has 0 bridgehead atoms. The van der Waals surface area contributed by atoms with Gasteiger partial charge in [0, 0.05) is 105 Å². The number of fused-ring (bicyclic) bond motifs is 6. The Morgan fingerprint density at radius 1 is 0.402 bits per heavy atom. The van der Waals surface area contributed by atoms with Crippen LogP contribution in [0.5, 0.6) is 0 Å². The molecule has 0 amide bonds. The third-order valence-corrected chi connectivity index (χ3v) is 25.2. The normalized spacial score (nSPS) is 29.1. The third-order valence-electron chi connectivity index (χ3n) is 23.3. The van der Waals surface area contributed by atoms with Crippen LogP contribution in [0.1, 0.15) is 90.4 Å². The van der Waals surface area contributed by atoms with Crippen LogP contribution in [-0.2, 0) is 19.3 Å². The number of aliphatic hydroxyl groups is 6. The summed E-state index contributed by atoms with van der Waals surface area (Å²) in [4.78, 5) is 39.7. The van der Waals surface area contributed by atoms with Crippen molar-refractivity contribution in [1.29, 1.82) is 0 Å². The lowest BCUT2D eigenvalue weighted by molar-refractivity contribution is -0.0217.